The van der Waals surface area contributed by atoms with Crippen molar-refractivity contribution in [2.75, 3.05) is 5.32 Å². The van der Waals surface area contributed by atoms with E-state index >= 15 is 0 Å². The number of aromatic nitrogens is 1. The molecule has 3 nitrogen and oxygen atoms in total. The first-order chi connectivity index (χ1) is 9.74. The molecule has 0 fully saturated rings. The number of halogens is 1. The van der Waals surface area contributed by atoms with Crippen LogP contribution in [0.2, 0.25) is 0 Å². The molecular formula is C15H10BrN3S. The third-order valence-electron chi connectivity index (χ3n) is 2.85. The Hall–Kier alpha value is -1.90. The number of rotatable bonds is 3. The van der Waals surface area contributed by atoms with Crippen LogP contribution in [0.3, 0.4) is 0 Å². The van der Waals surface area contributed by atoms with E-state index in [9.17, 15) is 0 Å². The molecule has 0 bridgehead atoms. The number of nitrogens with one attached hydrogen (secondary N) is 1. The lowest BCUT2D eigenvalue weighted by atomic mass is 10.1. The van der Waals surface area contributed by atoms with E-state index in [2.05, 4.69) is 38.4 Å². The minimum absolute atomic E-state index is 0.663. The lowest BCUT2D eigenvalue weighted by Crippen LogP contribution is -1.98. The zero-order chi connectivity index (χ0) is 13.9. The molecule has 0 spiro atoms. The summed E-state index contributed by atoms with van der Waals surface area (Å²) >= 11 is 5.08. The number of nitriles is 1. The Labute approximate surface area is 129 Å². The molecule has 0 atom stereocenters. The number of hydrogen-bond acceptors (Lipinski definition) is 4. The maximum absolute atomic E-state index is 8.88. The molecule has 20 heavy (non-hydrogen) atoms. The largest absolute Gasteiger partial charge is 0.357 e. The summed E-state index contributed by atoms with van der Waals surface area (Å²) in [6.07, 6.45) is 0. The molecule has 0 aliphatic carbocycles. The molecular weight excluding hydrogens is 334 g/mol. The number of nitrogens with zero attached hydrogens (tertiary/aromatic N) is 2. The predicted molar refractivity (Wildman–Crippen MR) is 85.8 cm³/mol. The Morgan fingerprint density at radius 1 is 1.25 bits per heavy atom. The Morgan fingerprint density at radius 3 is 3.00 bits per heavy atom. The van der Waals surface area contributed by atoms with Gasteiger partial charge in [0.2, 0.25) is 0 Å². The van der Waals surface area contributed by atoms with Gasteiger partial charge in [0.15, 0.2) is 5.13 Å². The summed E-state index contributed by atoms with van der Waals surface area (Å²) in [6, 6.07) is 15.8. The van der Waals surface area contributed by atoms with E-state index in [0.29, 0.717) is 12.1 Å². The van der Waals surface area contributed by atoms with Gasteiger partial charge in [0, 0.05) is 11.0 Å². The quantitative estimate of drug-likeness (QED) is 0.759. The Balaban J connectivity index is 1.78. The summed E-state index contributed by atoms with van der Waals surface area (Å²) in [6.45, 7) is 0.663. The van der Waals surface area contributed by atoms with E-state index < -0.39 is 0 Å². The molecule has 1 aromatic heterocycles. The minimum atomic E-state index is 0.663. The van der Waals surface area contributed by atoms with Crippen LogP contribution >= 0.6 is 27.3 Å². The van der Waals surface area contributed by atoms with Crippen LogP contribution in [0.1, 0.15) is 11.1 Å². The smallest absolute Gasteiger partial charge is 0.184 e. The highest BCUT2D eigenvalue weighted by atomic mass is 79.9. The fourth-order valence-corrected chi connectivity index (χ4v) is 3.32. The van der Waals surface area contributed by atoms with Gasteiger partial charge in [-0.1, -0.05) is 39.4 Å². The molecule has 0 radical (unpaired) electrons. The SMILES string of the molecule is N#Cc1cccc(CNc2nc3ccc(Br)cc3s2)c1. The van der Waals surface area contributed by atoms with E-state index in [1.807, 2.05) is 30.3 Å². The third-order valence-corrected chi connectivity index (χ3v) is 4.32. The van der Waals surface area contributed by atoms with Crippen molar-refractivity contribution in [1.82, 2.24) is 4.98 Å². The topological polar surface area (TPSA) is 48.7 Å². The summed E-state index contributed by atoms with van der Waals surface area (Å²) in [5.74, 6) is 0. The van der Waals surface area contributed by atoms with Gasteiger partial charge in [0.25, 0.3) is 0 Å². The van der Waals surface area contributed by atoms with Crippen molar-refractivity contribution in [1.29, 1.82) is 5.26 Å². The van der Waals surface area contributed by atoms with Gasteiger partial charge in [-0.05, 0) is 35.9 Å². The fraction of sp³-hybridized carbons (Fsp3) is 0.0667. The van der Waals surface area contributed by atoms with Crippen molar-refractivity contribution in [2.45, 2.75) is 6.54 Å². The summed E-state index contributed by atoms with van der Waals surface area (Å²) in [5, 5.41) is 13.1. The molecule has 0 saturated heterocycles. The number of anilines is 1. The molecule has 98 valence electrons. The average Bonchev–Trinajstić information content (AvgIpc) is 2.87. The molecule has 0 aliphatic rings. The highest BCUT2D eigenvalue weighted by Gasteiger charge is 2.04. The van der Waals surface area contributed by atoms with Gasteiger partial charge in [-0.15, -0.1) is 0 Å². The van der Waals surface area contributed by atoms with E-state index in [-0.39, 0.29) is 0 Å². The van der Waals surface area contributed by atoms with E-state index in [0.717, 1.165) is 25.4 Å². The predicted octanol–water partition coefficient (Wildman–Crippen LogP) is 4.54. The molecule has 0 aliphatic heterocycles. The van der Waals surface area contributed by atoms with Gasteiger partial charge < -0.3 is 5.32 Å². The number of fused-ring (bicyclic) bond motifs is 1. The lowest BCUT2D eigenvalue weighted by molar-refractivity contribution is 1.14. The van der Waals surface area contributed by atoms with Crippen molar-refractivity contribution < 1.29 is 0 Å². The van der Waals surface area contributed by atoms with Crippen LogP contribution in [0.25, 0.3) is 10.2 Å². The van der Waals surface area contributed by atoms with Gasteiger partial charge in [-0.3, -0.25) is 0 Å². The maximum atomic E-state index is 8.88. The van der Waals surface area contributed by atoms with Crippen LogP contribution in [0.4, 0.5) is 5.13 Å². The first-order valence-electron chi connectivity index (χ1n) is 6.03. The van der Waals surface area contributed by atoms with Crippen LogP contribution in [0.5, 0.6) is 0 Å². The second-order valence-corrected chi connectivity index (χ2v) is 6.24. The minimum Gasteiger partial charge on any atom is -0.357 e. The summed E-state index contributed by atoms with van der Waals surface area (Å²) < 4.78 is 2.20. The first kappa shape index (κ1) is 13.1. The average molecular weight is 344 g/mol. The molecule has 3 rings (SSSR count). The third kappa shape index (κ3) is 2.82. The van der Waals surface area contributed by atoms with Gasteiger partial charge in [-0.25, -0.2) is 4.98 Å². The van der Waals surface area contributed by atoms with E-state index in [1.54, 1.807) is 17.4 Å². The molecule has 5 heteroatoms. The van der Waals surface area contributed by atoms with Crippen molar-refractivity contribution >= 4 is 42.6 Å². The standard InChI is InChI=1S/C15H10BrN3S/c16-12-4-5-13-14(7-12)20-15(19-13)18-9-11-3-1-2-10(6-11)8-17/h1-7H,9H2,(H,18,19). The van der Waals surface area contributed by atoms with Crippen LogP contribution in [-0.2, 0) is 6.54 Å². The highest BCUT2D eigenvalue weighted by Crippen LogP contribution is 2.28. The van der Waals surface area contributed by atoms with Gasteiger partial charge in [0.05, 0.1) is 21.8 Å². The first-order valence-corrected chi connectivity index (χ1v) is 7.64. The fourth-order valence-electron chi connectivity index (χ4n) is 1.90. The van der Waals surface area contributed by atoms with Crippen LogP contribution in [0.15, 0.2) is 46.9 Å². The maximum Gasteiger partial charge on any atom is 0.184 e. The Kier molecular flexibility index (Phi) is 3.68. The molecule has 1 N–H and O–H groups in total. The zero-order valence-electron chi connectivity index (χ0n) is 10.4. The molecule has 0 saturated carbocycles. The second kappa shape index (κ2) is 5.61. The van der Waals surface area contributed by atoms with Crippen molar-refractivity contribution in [3.05, 3.63) is 58.1 Å². The Morgan fingerprint density at radius 2 is 2.15 bits per heavy atom. The Bertz CT molecular complexity index is 804. The highest BCUT2D eigenvalue weighted by molar-refractivity contribution is 9.10. The van der Waals surface area contributed by atoms with E-state index in [1.165, 1.54) is 0 Å². The molecule has 0 unspecified atom stereocenters. The molecule has 3 aromatic rings. The van der Waals surface area contributed by atoms with Gasteiger partial charge in [0.1, 0.15) is 0 Å². The molecule has 1 heterocycles. The number of benzene rings is 2. The van der Waals surface area contributed by atoms with Crippen LogP contribution in [0, 0.1) is 11.3 Å². The van der Waals surface area contributed by atoms with E-state index in [4.69, 9.17) is 5.26 Å². The van der Waals surface area contributed by atoms with Crippen molar-refractivity contribution in [3.63, 3.8) is 0 Å². The number of thiazole rings is 1. The summed E-state index contributed by atoms with van der Waals surface area (Å²) in [7, 11) is 0. The lowest BCUT2D eigenvalue weighted by Gasteiger charge is -2.02. The van der Waals surface area contributed by atoms with Crippen molar-refractivity contribution in [2.24, 2.45) is 0 Å². The number of hydrogen-bond donors (Lipinski definition) is 1. The summed E-state index contributed by atoms with van der Waals surface area (Å²) in [4.78, 5) is 4.53. The van der Waals surface area contributed by atoms with Crippen molar-refractivity contribution in [3.8, 4) is 6.07 Å². The zero-order valence-corrected chi connectivity index (χ0v) is 12.8. The second-order valence-electron chi connectivity index (χ2n) is 4.30. The molecule has 0 amide bonds. The van der Waals surface area contributed by atoms with Crippen LogP contribution in [-0.4, -0.2) is 4.98 Å². The van der Waals surface area contributed by atoms with Crippen LogP contribution < -0.4 is 5.32 Å². The summed E-state index contributed by atoms with van der Waals surface area (Å²) in [5.41, 5.74) is 2.74. The monoisotopic (exact) mass is 343 g/mol. The normalized spacial score (nSPS) is 10.4. The van der Waals surface area contributed by atoms with Gasteiger partial charge >= 0.3 is 0 Å². The van der Waals surface area contributed by atoms with Gasteiger partial charge in [-0.2, -0.15) is 5.26 Å². The molecule has 2 aromatic carbocycles.